The van der Waals surface area contributed by atoms with Gasteiger partial charge in [-0.1, -0.05) is 12.2 Å². The van der Waals surface area contributed by atoms with Crippen molar-refractivity contribution < 1.29 is 19.0 Å². The molecule has 13 heavy (non-hydrogen) atoms. The molecule has 70 valence electrons. The zero-order chi connectivity index (χ0) is 9.27. The molecule has 0 aromatic rings. The van der Waals surface area contributed by atoms with Gasteiger partial charge in [0.25, 0.3) is 0 Å². The van der Waals surface area contributed by atoms with Gasteiger partial charge in [0, 0.05) is 0 Å². The van der Waals surface area contributed by atoms with Gasteiger partial charge in [0.15, 0.2) is 12.2 Å². The third kappa shape index (κ3) is 0.682. The Bertz CT molecular complexity index is 296. The molecule has 0 amide bonds. The summed E-state index contributed by atoms with van der Waals surface area (Å²) in [6.45, 7) is 3.81. The highest BCUT2D eigenvalue weighted by molar-refractivity contribution is 5.64. The number of hydrogen-bond acceptors (Lipinski definition) is 4. The Hall–Kier alpha value is -1.03. The second-order valence-electron chi connectivity index (χ2n) is 4.13. The minimum Gasteiger partial charge on any atom is -0.423 e. The van der Waals surface area contributed by atoms with Crippen LogP contribution >= 0.6 is 0 Å². The van der Waals surface area contributed by atoms with Crippen LogP contribution in [0.15, 0.2) is 12.2 Å². The van der Waals surface area contributed by atoms with E-state index in [0.717, 1.165) is 0 Å². The fraction of sp³-hybridized carbons (Fsp3) is 0.667. The van der Waals surface area contributed by atoms with Crippen LogP contribution in [0.25, 0.3) is 0 Å². The topological polar surface area (TPSA) is 44.8 Å². The van der Waals surface area contributed by atoms with Crippen molar-refractivity contribution in [2.24, 2.45) is 0 Å². The van der Waals surface area contributed by atoms with E-state index in [1.165, 1.54) is 0 Å². The standard InChI is InChI=1S/C9H10O4/c1-8-3-4-9(2,13-8)6-5(8)11-7(10)12-6/h3-6H,1-2H3/t5?,6?,8-,9+. The highest BCUT2D eigenvalue weighted by Crippen LogP contribution is 2.50. The van der Waals surface area contributed by atoms with E-state index in [0.29, 0.717) is 0 Å². The van der Waals surface area contributed by atoms with Crippen molar-refractivity contribution in [3.63, 3.8) is 0 Å². The lowest BCUT2D eigenvalue weighted by molar-refractivity contribution is -0.0671. The van der Waals surface area contributed by atoms with E-state index in [2.05, 4.69) is 0 Å². The van der Waals surface area contributed by atoms with Gasteiger partial charge in [0.1, 0.15) is 11.2 Å². The molecule has 2 bridgehead atoms. The third-order valence-corrected chi connectivity index (χ3v) is 3.04. The smallest absolute Gasteiger partial charge is 0.423 e. The van der Waals surface area contributed by atoms with E-state index < -0.39 is 17.4 Å². The number of hydrogen-bond donors (Lipinski definition) is 0. The molecule has 0 aromatic carbocycles. The summed E-state index contributed by atoms with van der Waals surface area (Å²) in [6.07, 6.45) is 2.73. The maximum atomic E-state index is 10.9. The molecule has 0 aliphatic carbocycles. The number of ether oxygens (including phenoxy) is 3. The first-order chi connectivity index (χ1) is 6.04. The van der Waals surface area contributed by atoms with Crippen molar-refractivity contribution in [3.8, 4) is 0 Å². The van der Waals surface area contributed by atoms with Crippen LogP contribution in [0.1, 0.15) is 13.8 Å². The maximum Gasteiger partial charge on any atom is 0.509 e. The zero-order valence-corrected chi connectivity index (χ0v) is 7.44. The summed E-state index contributed by atoms with van der Waals surface area (Å²) in [5.41, 5.74) is -0.989. The monoisotopic (exact) mass is 182 g/mol. The Kier molecular flexibility index (Phi) is 0.993. The molecule has 0 aromatic heterocycles. The van der Waals surface area contributed by atoms with Gasteiger partial charge >= 0.3 is 6.16 Å². The van der Waals surface area contributed by atoms with E-state index in [1.807, 2.05) is 26.0 Å². The number of rotatable bonds is 0. The molecular weight excluding hydrogens is 172 g/mol. The predicted molar refractivity (Wildman–Crippen MR) is 42.2 cm³/mol. The third-order valence-electron chi connectivity index (χ3n) is 3.04. The molecule has 3 aliphatic rings. The molecule has 3 heterocycles. The Morgan fingerprint density at radius 2 is 1.62 bits per heavy atom. The summed E-state index contributed by atoms with van der Waals surface area (Å²) >= 11 is 0. The lowest BCUT2D eigenvalue weighted by Gasteiger charge is -2.21. The quantitative estimate of drug-likeness (QED) is 0.414. The molecule has 3 aliphatic heterocycles. The van der Waals surface area contributed by atoms with Crippen molar-refractivity contribution >= 4 is 6.16 Å². The van der Waals surface area contributed by atoms with Crippen LogP contribution in [0.4, 0.5) is 4.79 Å². The summed E-state index contributed by atoms with van der Waals surface area (Å²) in [6, 6.07) is 0. The molecular formula is C9H10O4. The fourth-order valence-corrected chi connectivity index (χ4v) is 2.37. The Balaban J connectivity index is 2.08. The highest BCUT2D eigenvalue weighted by Gasteiger charge is 2.67. The van der Waals surface area contributed by atoms with Gasteiger partial charge in [-0.25, -0.2) is 4.79 Å². The van der Waals surface area contributed by atoms with Crippen LogP contribution in [-0.2, 0) is 14.2 Å². The molecule has 3 rings (SSSR count). The summed E-state index contributed by atoms with van der Waals surface area (Å²) < 4.78 is 15.8. The molecule has 2 unspecified atom stereocenters. The van der Waals surface area contributed by atoms with E-state index in [-0.39, 0.29) is 12.2 Å². The van der Waals surface area contributed by atoms with Crippen LogP contribution < -0.4 is 0 Å². The summed E-state index contributed by atoms with van der Waals surface area (Å²) in [4.78, 5) is 10.9. The van der Waals surface area contributed by atoms with Crippen molar-refractivity contribution in [3.05, 3.63) is 12.2 Å². The first-order valence-electron chi connectivity index (χ1n) is 4.31. The number of carbonyl (C=O) groups excluding carboxylic acids is 1. The summed E-state index contributed by atoms with van der Waals surface area (Å²) in [5, 5.41) is 0. The van der Waals surface area contributed by atoms with E-state index in [1.54, 1.807) is 0 Å². The van der Waals surface area contributed by atoms with Gasteiger partial charge in [0.2, 0.25) is 0 Å². The molecule has 0 saturated carbocycles. The SMILES string of the molecule is C[C@]12C=C[C@](C)(O1)C1OC(=O)OC12. The molecule has 2 saturated heterocycles. The van der Waals surface area contributed by atoms with Gasteiger partial charge in [-0.05, 0) is 13.8 Å². The van der Waals surface area contributed by atoms with Crippen LogP contribution in [0, 0.1) is 0 Å². The van der Waals surface area contributed by atoms with Crippen molar-refractivity contribution in [2.45, 2.75) is 37.3 Å². The molecule has 4 atom stereocenters. The lowest BCUT2D eigenvalue weighted by atomic mass is 9.85. The summed E-state index contributed by atoms with van der Waals surface area (Å²) in [5.74, 6) is 0. The van der Waals surface area contributed by atoms with Gasteiger partial charge in [-0.2, -0.15) is 0 Å². The van der Waals surface area contributed by atoms with Crippen LogP contribution in [0.3, 0.4) is 0 Å². The van der Waals surface area contributed by atoms with Crippen LogP contribution in [-0.4, -0.2) is 29.6 Å². The van der Waals surface area contributed by atoms with Crippen molar-refractivity contribution in [2.75, 3.05) is 0 Å². The lowest BCUT2D eigenvalue weighted by Crippen LogP contribution is -2.41. The molecule has 4 nitrogen and oxygen atoms in total. The fourth-order valence-electron chi connectivity index (χ4n) is 2.37. The normalized spacial score (nSPS) is 56.3. The van der Waals surface area contributed by atoms with Crippen molar-refractivity contribution in [1.82, 2.24) is 0 Å². The average Bonchev–Trinajstić information content (AvgIpc) is 2.59. The Morgan fingerprint density at radius 3 is 2.08 bits per heavy atom. The Morgan fingerprint density at radius 1 is 1.15 bits per heavy atom. The molecule has 0 spiro atoms. The molecule has 2 fully saturated rings. The average molecular weight is 182 g/mol. The molecule has 4 heteroatoms. The molecule has 0 N–H and O–H groups in total. The van der Waals surface area contributed by atoms with Gasteiger partial charge < -0.3 is 14.2 Å². The number of carbonyl (C=O) groups is 1. The second kappa shape index (κ2) is 1.75. The van der Waals surface area contributed by atoms with E-state index in [9.17, 15) is 4.79 Å². The zero-order valence-electron chi connectivity index (χ0n) is 7.44. The van der Waals surface area contributed by atoms with E-state index in [4.69, 9.17) is 14.2 Å². The predicted octanol–water partition coefficient (Wildman–Crippen LogP) is 1.01. The van der Waals surface area contributed by atoms with Gasteiger partial charge in [-0.3, -0.25) is 0 Å². The van der Waals surface area contributed by atoms with E-state index >= 15 is 0 Å². The first-order valence-corrected chi connectivity index (χ1v) is 4.31. The van der Waals surface area contributed by atoms with Crippen LogP contribution in [0.5, 0.6) is 0 Å². The second-order valence-corrected chi connectivity index (χ2v) is 4.13. The van der Waals surface area contributed by atoms with Gasteiger partial charge in [-0.15, -0.1) is 0 Å². The highest BCUT2D eigenvalue weighted by atomic mass is 16.8. The first kappa shape index (κ1) is 7.38. The number of fused-ring (bicyclic) bond motifs is 5. The maximum absolute atomic E-state index is 10.9. The summed E-state index contributed by atoms with van der Waals surface area (Å²) in [7, 11) is 0. The largest absolute Gasteiger partial charge is 0.509 e. The minimum absolute atomic E-state index is 0.282. The van der Waals surface area contributed by atoms with Crippen LogP contribution in [0.2, 0.25) is 0 Å². The minimum atomic E-state index is -0.584. The Labute approximate surface area is 75.5 Å². The van der Waals surface area contributed by atoms with Gasteiger partial charge in [0.05, 0.1) is 0 Å². The molecule has 0 radical (unpaired) electrons. The van der Waals surface area contributed by atoms with Crippen molar-refractivity contribution in [1.29, 1.82) is 0 Å².